The van der Waals surface area contributed by atoms with Crippen molar-refractivity contribution >= 4 is 17.5 Å². The number of hydrogen-bond donors (Lipinski definition) is 0. The highest BCUT2D eigenvalue weighted by Gasteiger charge is 2.60. The number of rotatable bonds is 1. The molecule has 1 aromatic rings. The molecule has 3 rings (SSSR count). The number of thioether (sulfide) groups is 1. The molecule has 0 N–H and O–H groups in total. The van der Waals surface area contributed by atoms with Crippen molar-refractivity contribution in [2.75, 3.05) is 5.75 Å². The van der Waals surface area contributed by atoms with E-state index in [2.05, 4.69) is 0 Å². The van der Waals surface area contributed by atoms with Crippen molar-refractivity contribution in [3.05, 3.63) is 46.9 Å². The summed E-state index contributed by atoms with van der Waals surface area (Å²) in [6, 6.07) is 3.45. The first-order chi connectivity index (χ1) is 8.13. The molecular formula is C13H10F2OS. The lowest BCUT2D eigenvalue weighted by atomic mass is 9.95. The third-order valence-electron chi connectivity index (χ3n) is 3.56. The predicted octanol–water partition coefficient (Wildman–Crippen LogP) is 3.27. The van der Waals surface area contributed by atoms with E-state index >= 15 is 0 Å². The van der Waals surface area contributed by atoms with E-state index in [0.29, 0.717) is 17.7 Å². The number of carbonyl (C=O) groups is 1. The van der Waals surface area contributed by atoms with Gasteiger partial charge in [0.25, 0.3) is 0 Å². The van der Waals surface area contributed by atoms with Gasteiger partial charge in [0, 0.05) is 17.1 Å². The molecule has 17 heavy (non-hydrogen) atoms. The summed E-state index contributed by atoms with van der Waals surface area (Å²) in [5, 5.41) is 1.77. The van der Waals surface area contributed by atoms with Gasteiger partial charge in [-0.15, -0.1) is 11.8 Å². The highest BCUT2D eigenvalue weighted by atomic mass is 32.2. The van der Waals surface area contributed by atoms with E-state index < -0.39 is 17.0 Å². The molecule has 0 unspecified atom stereocenters. The van der Waals surface area contributed by atoms with Crippen molar-refractivity contribution in [1.29, 1.82) is 0 Å². The second kappa shape index (κ2) is 3.67. The van der Waals surface area contributed by atoms with Gasteiger partial charge in [0.2, 0.25) is 0 Å². The zero-order chi connectivity index (χ0) is 12.0. The Bertz CT molecular complexity index is 526. The van der Waals surface area contributed by atoms with Crippen molar-refractivity contribution in [1.82, 2.24) is 0 Å². The summed E-state index contributed by atoms with van der Waals surface area (Å²) in [6.45, 7) is 0. The largest absolute Gasteiger partial charge is 0.294 e. The summed E-state index contributed by atoms with van der Waals surface area (Å²) in [5.41, 5.74) is -0.136. The Balaban J connectivity index is 1.96. The molecule has 1 aliphatic heterocycles. The van der Waals surface area contributed by atoms with E-state index in [4.69, 9.17) is 0 Å². The number of hydrogen-bond acceptors (Lipinski definition) is 2. The first kappa shape index (κ1) is 11.0. The molecule has 4 heteroatoms. The minimum absolute atomic E-state index is 0.0462. The fourth-order valence-corrected chi connectivity index (χ4v) is 3.54. The smallest absolute Gasteiger partial charge is 0.163 e. The minimum atomic E-state index is -0.478. The van der Waals surface area contributed by atoms with Gasteiger partial charge in [-0.2, -0.15) is 0 Å². The predicted molar refractivity (Wildman–Crippen MR) is 62.8 cm³/mol. The van der Waals surface area contributed by atoms with E-state index in [1.807, 2.05) is 0 Å². The fraction of sp³-hybridized carbons (Fsp3) is 0.308. The third kappa shape index (κ3) is 1.62. The Labute approximate surface area is 102 Å². The van der Waals surface area contributed by atoms with Crippen molar-refractivity contribution in [2.24, 2.45) is 5.41 Å². The fourth-order valence-electron chi connectivity index (χ4n) is 2.47. The molecule has 2 aliphatic rings. The maximum Gasteiger partial charge on any atom is 0.163 e. The molecule has 1 spiro atoms. The van der Waals surface area contributed by atoms with Crippen LogP contribution in [0.3, 0.4) is 0 Å². The summed E-state index contributed by atoms with van der Waals surface area (Å²) >= 11 is 1.56. The van der Waals surface area contributed by atoms with Gasteiger partial charge in [-0.1, -0.05) is 0 Å². The van der Waals surface area contributed by atoms with Crippen LogP contribution in [0.2, 0.25) is 0 Å². The van der Waals surface area contributed by atoms with Crippen LogP contribution in [0.4, 0.5) is 8.78 Å². The quantitative estimate of drug-likeness (QED) is 0.763. The molecule has 0 radical (unpaired) electrons. The SMILES string of the molecule is O=C1C=CSC[C@@]12C[C@H]2c1cc(F)ccc1F. The average Bonchev–Trinajstić information content (AvgIpc) is 3.02. The van der Waals surface area contributed by atoms with E-state index in [0.717, 1.165) is 12.1 Å². The zero-order valence-corrected chi connectivity index (χ0v) is 9.77. The number of carbonyl (C=O) groups excluding carboxylic acids is 1. The Morgan fingerprint density at radius 3 is 2.94 bits per heavy atom. The number of halogens is 2. The zero-order valence-electron chi connectivity index (χ0n) is 8.95. The van der Waals surface area contributed by atoms with Gasteiger partial charge in [-0.3, -0.25) is 4.79 Å². The molecule has 1 nitrogen and oxygen atoms in total. The summed E-state index contributed by atoms with van der Waals surface area (Å²) in [7, 11) is 0. The lowest BCUT2D eigenvalue weighted by Crippen LogP contribution is -2.21. The molecule has 0 bridgehead atoms. The maximum atomic E-state index is 13.6. The van der Waals surface area contributed by atoms with Crippen LogP contribution >= 0.6 is 11.8 Å². The standard InChI is InChI=1S/C13H10F2OS/c14-8-1-2-11(15)9(5-8)10-6-13(10)7-17-4-3-12(13)16/h1-5,10H,6-7H2/t10-,13+/m0/s1. The van der Waals surface area contributed by atoms with E-state index in [1.54, 1.807) is 23.2 Å². The van der Waals surface area contributed by atoms with Crippen molar-refractivity contribution in [3.63, 3.8) is 0 Å². The summed E-state index contributed by atoms with van der Waals surface area (Å²) in [6.07, 6.45) is 2.18. The molecule has 88 valence electrons. The molecule has 1 heterocycles. The van der Waals surface area contributed by atoms with Gasteiger partial charge >= 0.3 is 0 Å². The Morgan fingerprint density at radius 2 is 2.18 bits per heavy atom. The van der Waals surface area contributed by atoms with E-state index in [-0.39, 0.29) is 11.7 Å². The third-order valence-corrected chi connectivity index (χ3v) is 4.57. The molecule has 1 fully saturated rings. The first-order valence-electron chi connectivity index (χ1n) is 5.41. The summed E-state index contributed by atoms with van der Waals surface area (Å²) in [5.74, 6) is -0.313. The maximum absolute atomic E-state index is 13.6. The molecule has 1 aliphatic carbocycles. The van der Waals surface area contributed by atoms with Crippen LogP contribution < -0.4 is 0 Å². The Morgan fingerprint density at radius 1 is 1.35 bits per heavy atom. The summed E-state index contributed by atoms with van der Waals surface area (Å²) in [4.78, 5) is 11.8. The molecule has 0 amide bonds. The normalized spacial score (nSPS) is 30.9. The molecule has 1 saturated carbocycles. The second-order valence-electron chi connectivity index (χ2n) is 4.56. The number of ketones is 1. The lowest BCUT2D eigenvalue weighted by molar-refractivity contribution is -0.118. The summed E-state index contributed by atoms with van der Waals surface area (Å²) < 4.78 is 26.7. The second-order valence-corrected chi connectivity index (χ2v) is 5.45. The molecule has 2 atom stereocenters. The molecule has 1 aromatic carbocycles. The number of benzene rings is 1. The molecular weight excluding hydrogens is 242 g/mol. The molecule has 0 saturated heterocycles. The van der Waals surface area contributed by atoms with Gasteiger partial charge in [0.05, 0.1) is 0 Å². The van der Waals surface area contributed by atoms with Crippen molar-refractivity contribution in [2.45, 2.75) is 12.3 Å². The highest BCUT2D eigenvalue weighted by molar-refractivity contribution is 8.02. The minimum Gasteiger partial charge on any atom is -0.294 e. The van der Waals surface area contributed by atoms with Crippen LogP contribution in [0.25, 0.3) is 0 Å². The van der Waals surface area contributed by atoms with Gasteiger partial charge in [0.1, 0.15) is 11.6 Å². The van der Waals surface area contributed by atoms with Gasteiger partial charge in [-0.05, 0) is 41.7 Å². The molecule has 0 aromatic heterocycles. The van der Waals surface area contributed by atoms with Gasteiger partial charge in [0.15, 0.2) is 5.78 Å². The average molecular weight is 252 g/mol. The van der Waals surface area contributed by atoms with Crippen molar-refractivity contribution < 1.29 is 13.6 Å². The number of allylic oxidation sites excluding steroid dienone is 1. The lowest BCUT2D eigenvalue weighted by Gasteiger charge is -2.16. The van der Waals surface area contributed by atoms with Crippen LogP contribution in [0, 0.1) is 17.0 Å². The van der Waals surface area contributed by atoms with E-state index in [9.17, 15) is 13.6 Å². The van der Waals surface area contributed by atoms with Crippen LogP contribution in [-0.4, -0.2) is 11.5 Å². The van der Waals surface area contributed by atoms with Crippen LogP contribution in [-0.2, 0) is 4.79 Å². The first-order valence-corrected chi connectivity index (χ1v) is 6.46. The van der Waals surface area contributed by atoms with Crippen LogP contribution in [0.5, 0.6) is 0 Å². The Kier molecular flexibility index (Phi) is 2.36. The van der Waals surface area contributed by atoms with Crippen LogP contribution in [0.1, 0.15) is 17.9 Å². The monoisotopic (exact) mass is 252 g/mol. The van der Waals surface area contributed by atoms with E-state index in [1.165, 1.54) is 6.07 Å². The van der Waals surface area contributed by atoms with Crippen molar-refractivity contribution in [3.8, 4) is 0 Å². The highest BCUT2D eigenvalue weighted by Crippen LogP contribution is 2.63. The Hall–Kier alpha value is -1.16. The van der Waals surface area contributed by atoms with Gasteiger partial charge in [-0.25, -0.2) is 8.78 Å². The topological polar surface area (TPSA) is 17.1 Å². The van der Waals surface area contributed by atoms with Crippen LogP contribution in [0.15, 0.2) is 29.7 Å². The van der Waals surface area contributed by atoms with Gasteiger partial charge < -0.3 is 0 Å².